The van der Waals surface area contributed by atoms with Crippen LogP contribution in [0.3, 0.4) is 0 Å². The van der Waals surface area contributed by atoms with Crippen molar-refractivity contribution in [2.75, 3.05) is 6.61 Å². The zero-order valence-corrected chi connectivity index (χ0v) is 17.8. The lowest BCUT2D eigenvalue weighted by atomic mass is 9.66. The molecule has 3 aromatic carbocycles. The highest BCUT2D eigenvalue weighted by molar-refractivity contribution is 6.57. The van der Waals surface area contributed by atoms with Crippen LogP contribution in [0, 0.1) is 20.8 Å². The van der Waals surface area contributed by atoms with E-state index in [4.69, 9.17) is 18.4 Å². The predicted molar refractivity (Wildman–Crippen MR) is 123 cm³/mol. The van der Waals surface area contributed by atoms with Crippen molar-refractivity contribution in [3.63, 3.8) is 0 Å². The molecule has 0 unspecified atom stereocenters. The van der Waals surface area contributed by atoms with E-state index in [0.29, 0.717) is 6.61 Å². The molecular formula is C23H25B3O4. The van der Waals surface area contributed by atoms with Gasteiger partial charge in [-0.3, -0.25) is 0 Å². The van der Waals surface area contributed by atoms with Gasteiger partial charge in [-0.15, -0.1) is 0 Å². The van der Waals surface area contributed by atoms with Crippen LogP contribution in [0.15, 0.2) is 72.8 Å². The molecule has 0 atom stereocenters. The van der Waals surface area contributed by atoms with Crippen molar-refractivity contribution < 1.29 is 18.4 Å². The predicted octanol–water partition coefficient (Wildman–Crippen LogP) is 3.54. The molecule has 1 saturated heterocycles. The van der Waals surface area contributed by atoms with E-state index in [2.05, 4.69) is 93.6 Å². The Hall–Kier alpha value is -2.31. The van der Waals surface area contributed by atoms with E-state index in [-0.39, 0.29) is 15.4 Å². The fraction of sp³-hybridized carbons (Fsp3) is 0.217. The molecule has 30 heavy (non-hydrogen) atoms. The molecule has 0 radical (unpaired) electrons. The van der Waals surface area contributed by atoms with E-state index < -0.39 is 12.7 Å². The summed E-state index contributed by atoms with van der Waals surface area (Å²) >= 11 is 0. The van der Waals surface area contributed by atoms with Crippen molar-refractivity contribution in [2.24, 2.45) is 0 Å². The molecule has 0 N–H and O–H groups in total. The van der Waals surface area contributed by atoms with Gasteiger partial charge in [-0.2, -0.15) is 0 Å². The molecule has 3 aromatic rings. The van der Waals surface area contributed by atoms with Crippen molar-refractivity contribution in [1.29, 1.82) is 0 Å². The molecule has 4 nitrogen and oxygen atoms in total. The smallest absolute Gasteiger partial charge is 0.458 e. The zero-order chi connectivity index (χ0) is 21.0. The molecule has 0 aliphatic carbocycles. The third-order valence-corrected chi connectivity index (χ3v) is 5.83. The highest BCUT2D eigenvalue weighted by Crippen LogP contribution is 2.43. The Bertz CT molecular complexity index is 894. The summed E-state index contributed by atoms with van der Waals surface area (Å²) in [6, 6.07) is 25.6. The molecule has 0 saturated carbocycles. The summed E-state index contributed by atoms with van der Waals surface area (Å²) in [7, 11) is -0.428. The highest BCUT2D eigenvalue weighted by Gasteiger charge is 2.41. The monoisotopic (exact) mass is 398 g/mol. The highest BCUT2D eigenvalue weighted by atomic mass is 16.8. The van der Waals surface area contributed by atoms with Gasteiger partial charge < -0.3 is 18.4 Å². The van der Waals surface area contributed by atoms with Crippen LogP contribution in [0.4, 0.5) is 0 Å². The van der Waals surface area contributed by atoms with Gasteiger partial charge in [0.05, 0.1) is 12.0 Å². The first-order chi connectivity index (χ1) is 14.6. The Kier molecular flexibility index (Phi) is 6.45. The number of rotatable bonds is 6. The zero-order valence-electron chi connectivity index (χ0n) is 17.8. The second-order valence-electron chi connectivity index (χ2n) is 7.72. The maximum atomic E-state index is 6.25. The van der Waals surface area contributed by atoms with Crippen LogP contribution >= 0.6 is 0 Å². The van der Waals surface area contributed by atoms with E-state index in [1.165, 1.54) is 33.4 Å². The SMILES string of the molecule is Cc1ccccc1C(COB1OBOBO1)(c1ccccc1C)c1ccccc1C. The Morgan fingerprint density at radius 3 is 1.50 bits per heavy atom. The molecule has 1 aliphatic heterocycles. The third-order valence-electron chi connectivity index (χ3n) is 5.83. The topological polar surface area (TPSA) is 36.9 Å². The maximum Gasteiger partial charge on any atom is 0.611 e. The average molecular weight is 398 g/mol. The van der Waals surface area contributed by atoms with E-state index in [1.807, 2.05) is 0 Å². The van der Waals surface area contributed by atoms with Gasteiger partial charge in [0, 0.05) is 0 Å². The van der Waals surface area contributed by atoms with Crippen LogP contribution in [0.2, 0.25) is 0 Å². The van der Waals surface area contributed by atoms with Gasteiger partial charge >= 0.3 is 22.7 Å². The van der Waals surface area contributed by atoms with Gasteiger partial charge in [-0.05, 0) is 54.2 Å². The number of benzene rings is 3. The van der Waals surface area contributed by atoms with Crippen molar-refractivity contribution in [3.05, 3.63) is 106 Å². The summed E-state index contributed by atoms with van der Waals surface area (Å²) < 4.78 is 22.4. The van der Waals surface area contributed by atoms with Gasteiger partial charge in [-0.25, -0.2) is 0 Å². The molecule has 0 amide bonds. The van der Waals surface area contributed by atoms with Gasteiger partial charge in [0.25, 0.3) is 0 Å². The summed E-state index contributed by atoms with van der Waals surface area (Å²) in [6.07, 6.45) is 0. The van der Waals surface area contributed by atoms with Crippen molar-refractivity contribution >= 4 is 22.7 Å². The summed E-state index contributed by atoms with van der Waals surface area (Å²) in [5.41, 5.74) is 6.73. The Labute approximate surface area is 180 Å². The van der Waals surface area contributed by atoms with Gasteiger partial charge in [0.2, 0.25) is 0 Å². The Balaban J connectivity index is 1.94. The lowest BCUT2D eigenvalue weighted by molar-refractivity contribution is 0.153. The van der Waals surface area contributed by atoms with Crippen molar-refractivity contribution in [1.82, 2.24) is 0 Å². The van der Waals surface area contributed by atoms with Crippen LogP contribution in [-0.4, -0.2) is 29.3 Å². The molecule has 1 fully saturated rings. The summed E-state index contributed by atoms with van der Waals surface area (Å²) in [5, 5.41) is 0. The first-order valence-electron chi connectivity index (χ1n) is 10.2. The summed E-state index contributed by atoms with van der Waals surface area (Å²) in [5.74, 6) is 0. The van der Waals surface area contributed by atoms with Crippen molar-refractivity contribution in [3.8, 4) is 0 Å². The van der Waals surface area contributed by atoms with Crippen molar-refractivity contribution in [2.45, 2.75) is 26.2 Å². The molecule has 150 valence electrons. The van der Waals surface area contributed by atoms with Crippen LogP contribution in [0.1, 0.15) is 33.4 Å². The molecule has 7 heteroatoms. The van der Waals surface area contributed by atoms with Crippen LogP contribution in [0.5, 0.6) is 0 Å². The number of hydrogen-bond acceptors (Lipinski definition) is 4. The average Bonchev–Trinajstić information content (AvgIpc) is 2.78. The lowest BCUT2D eigenvalue weighted by Crippen LogP contribution is -2.44. The van der Waals surface area contributed by atoms with E-state index >= 15 is 0 Å². The minimum atomic E-state index is -0.754. The lowest BCUT2D eigenvalue weighted by Gasteiger charge is -2.39. The van der Waals surface area contributed by atoms with E-state index in [0.717, 1.165) is 0 Å². The standard InChI is InChI=1S/C23H25B3O4/c1-17-10-4-7-13-20(17)23(21-14-8-5-11-18(21)2,22-15-9-6-12-19(22)3)16-27-26-29-24-28-25-30-26/h4-15,24-25H,16H2,1-3H3. The summed E-state index contributed by atoms with van der Waals surface area (Å²) in [4.78, 5) is 0. The van der Waals surface area contributed by atoms with E-state index in [9.17, 15) is 0 Å². The van der Waals surface area contributed by atoms with Crippen LogP contribution < -0.4 is 0 Å². The van der Waals surface area contributed by atoms with E-state index in [1.54, 1.807) is 0 Å². The van der Waals surface area contributed by atoms with Crippen LogP contribution in [-0.2, 0) is 23.8 Å². The molecule has 0 bridgehead atoms. The Morgan fingerprint density at radius 1 is 0.700 bits per heavy atom. The minimum Gasteiger partial charge on any atom is -0.458 e. The van der Waals surface area contributed by atoms with Gasteiger partial charge in [0.1, 0.15) is 0 Å². The fourth-order valence-electron chi connectivity index (χ4n) is 4.40. The van der Waals surface area contributed by atoms with Crippen LogP contribution in [0.25, 0.3) is 0 Å². The number of aryl methyl sites for hydroxylation is 3. The molecular weight excluding hydrogens is 373 g/mol. The molecule has 4 rings (SSSR count). The third kappa shape index (κ3) is 3.99. The summed E-state index contributed by atoms with van der Waals surface area (Å²) in [6.45, 7) is 6.84. The normalized spacial score (nSPS) is 14.2. The molecule has 1 heterocycles. The minimum absolute atomic E-state index is 0.163. The number of hydrogen-bond donors (Lipinski definition) is 0. The van der Waals surface area contributed by atoms with Gasteiger partial charge in [-0.1, -0.05) is 72.8 Å². The molecule has 1 aliphatic rings. The maximum absolute atomic E-state index is 6.25. The second kappa shape index (κ2) is 9.23. The largest absolute Gasteiger partial charge is 0.611 e. The second-order valence-corrected chi connectivity index (χ2v) is 7.72. The van der Waals surface area contributed by atoms with Gasteiger partial charge in [0.15, 0.2) is 0 Å². The molecule has 0 spiro atoms. The Morgan fingerprint density at radius 2 is 1.10 bits per heavy atom. The fourth-order valence-corrected chi connectivity index (χ4v) is 4.40. The molecule has 0 aromatic heterocycles. The first-order valence-corrected chi connectivity index (χ1v) is 10.2. The first kappa shape index (κ1) is 20.9. The quantitative estimate of drug-likeness (QED) is 0.471.